The van der Waals surface area contributed by atoms with E-state index in [9.17, 15) is 9.59 Å². The molecule has 0 spiro atoms. The summed E-state index contributed by atoms with van der Waals surface area (Å²) in [5.74, 6) is -2.64. The number of benzene rings is 1. The largest absolute Gasteiger partial charge is 0.481 e. The molecule has 0 radical (unpaired) electrons. The van der Waals surface area contributed by atoms with Crippen LogP contribution in [0.2, 0.25) is 0 Å². The van der Waals surface area contributed by atoms with Crippen molar-refractivity contribution in [2.24, 2.45) is 5.92 Å². The van der Waals surface area contributed by atoms with Crippen LogP contribution in [0.25, 0.3) is 0 Å². The van der Waals surface area contributed by atoms with E-state index >= 15 is 0 Å². The third kappa shape index (κ3) is 5.01. The molecule has 5 heteroatoms. The molecule has 0 bridgehead atoms. The standard InChI is InChI=1S/C12H15NO4/c14-11(15)7-6-9(12(16)17)8-13-10-4-2-1-3-5-10/h1-5,9,13H,6-8H2,(H,14,15)(H,16,17). The van der Waals surface area contributed by atoms with Crippen LogP contribution in [0.5, 0.6) is 0 Å². The Bertz CT molecular complexity index is 377. The van der Waals surface area contributed by atoms with Gasteiger partial charge in [0, 0.05) is 18.7 Å². The lowest BCUT2D eigenvalue weighted by Crippen LogP contribution is -2.23. The molecule has 1 aromatic carbocycles. The average molecular weight is 237 g/mol. The van der Waals surface area contributed by atoms with Gasteiger partial charge in [-0.2, -0.15) is 0 Å². The highest BCUT2D eigenvalue weighted by Crippen LogP contribution is 2.11. The third-order valence-electron chi connectivity index (χ3n) is 2.38. The highest BCUT2D eigenvalue weighted by atomic mass is 16.4. The van der Waals surface area contributed by atoms with Gasteiger partial charge in [-0.15, -0.1) is 0 Å². The van der Waals surface area contributed by atoms with Crippen molar-refractivity contribution in [3.05, 3.63) is 30.3 Å². The number of aliphatic carboxylic acids is 2. The summed E-state index contributed by atoms with van der Waals surface area (Å²) >= 11 is 0. The van der Waals surface area contributed by atoms with E-state index in [1.807, 2.05) is 30.3 Å². The van der Waals surface area contributed by atoms with Crippen LogP contribution in [0.4, 0.5) is 5.69 Å². The molecule has 0 aromatic heterocycles. The van der Waals surface area contributed by atoms with Gasteiger partial charge in [-0.1, -0.05) is 18.2 Å². The molecule has 0 fully saturated rings. The Morgan fingerprint density at radius 1 is 1.18 bits per heavy atom. The quantitative estimate of drug-likeness (QED) is 0.671. The molecule has 0 saturated carbocycles. The van der Waals surface area contributed by atoms with Crippen molar-refractivity contribution >= 4 is 17.6 Å². The minimum Gasteiger partial charge on any atom is -0.481 e. The topological polar surface area (TPSA) is 86.6 Å². The second-order valence-electron chi connectivity index (χ2n) is 3.71. The van der Waals surface area contributed by atoms with Crippen molar-refractivity contribution < 1.29 is 19.8 Å². The second kappa shape index (κ2) is 6.52. The van der Waals surface area contributed by atoms with E-state index in [1.54, 1.807) is 0 Å². The Morgan fingerprint density at radius 3 is 2.35 bits per heavy atom. The van der Waals surface area contributed by atoms with Crippen molar-refractivity contribution in [2.45, 2.75) is 12.8 Å². The number of rotatable bonds is 7. The number of para-hydroxylation sites is 1. The molecule has 0 amide bonds. The Kier molecular flexibility index (Phi) is 5.00. The minimum absolute atomic E-state index is 0.129. The Labute approximate surface area is 99.1 Å². The molecule has 17 heavy (non-hydrogen) atoms. The molecule has 5 nitrogen and oxygen atoms in total. The summed E-state index contributed by atoms with van der Waals surface area (Å²) in [6.07, 6.45) is -0.00205. The summed E-state index contributed by atoms with van der Waals surface area (Å²) in [7, 11) is 0. The van der Waals surface area contributed by atoms with Crippen molar-refractivity contribution in [3.63, 3.8) is 0 Å². The molecule has 1 aromatic rings. The predicted octanol–water partition coefficient (Wildman–Crippen LogP) is 1.66. The maximum absolute atomic E-state index is 10.9. The Hall–Kier alpha value is -2.04. The van der Waals surface area contributed by atoms with E-state index in [1.165, 1.54) is 0 Å². The van der Waals surface area contributed by atoms with Crippen molar-refractivity contribution in [2.75, 3.05) is 11.9 Å². The summed E-state index contributed by atoms with van der Waals surface area (Å²) in [4.78, 5) is 21.3. The van der Waals surface area contributed by atoms with Gasteiger partial charge in [-0.25, -0.2) is 0 Å². The van der Waals surface area contributed by atoms with Gasteiger partial charge in [0.05, 0.1) is 5.92 Å². The van der Waals surface area contributed by atoms with Crippen molar-refractivity contribution in [1.29, 1.82) is 0 Å². The average Bonchev–Trinajstić information content (AvgIpc) is 2.29. The lowest BCUT2D eigenvalue weighted by molar-refractivity contribution is -0.142. The van der Waals surface area contributed by atoms with Gasteiger partial charge < -0.3 is 15.5 Å². The number of carboxylic acids is 2. The first-order valence-corrected chi connectivity index (χ1v) is 5.33. The summed E-state index contributed by atoms with van der Waals surface area (Å²) in [5.41, 5.74) is 0.828. The molecule has 0 heterocycles. The fourth-order valence-electron chi connectivity index (χ4n) is 1.41. The second-order valence-corrected chi connectivity index (χ2v) is 3.71. The smallest absolute Gasteiger partial charge is 0.308 e. The molecule has 0 saturated heterocycles. The molecular formula is C12H15NO4. The molecule has 3 N–H and O–H groups in total. The summed E-state index contributed by atoms with van der Waals surface area (Å²) < 4.78 is 0. The van der Waals surface area contributed by atoms with Crippen LogP contribution in [0.15, 0.2) is 30.3 Å². The van der Waals surface area contributed by atoms with E-state index in [0.29, 0.717) is 0 Å². The maximum atomic E-state index is 10.9. The van der Waals surface area contributed by atoms with Gasteiger partial charge in [0.15, 0.2) is 0 Å². The summed E-state index contributed by atoms with van der Waals surface area (Å²) in [6.45, 7) is 0.229. The zero-order valence-corrected chi connectivity index (χ0v) is 9.30. The van der Waals surface area contributed by atoms with E-state index in [0.717, 1.165) is 5.69 Å². The third-order valence-corrected chi connectivity index (χ3v) is 2.38. The van der Waals surface area contributed by atoms with Crippen LogP contribution in [0.1, 0.15) is 12.8 Å². The van der Waals surface area contributed by atoms with Gasteiger partial charge in [0.1, 0.15) is 0 Å². The van der Waals surface area contributed by atoms with Crippen LogP contribution in [0.3, 0.4) is 0 Å². The fourth-order valence-corrected chi connectivity index (χ4v) is 1.41. The number of hydrogen-bond acceptors (Lipinski definition) is 3. The van der Waals surface area contributed by atoms with Crippen LogP contribution < -0.4 is 5.32 Å². The van der Waals surface area contributed by atoms with Gasteiger partial charge in [-0.05, 0) is 18.6 Å². The fraction of sp³-hybridized carbons (Fsp3) is 0.333. The van der Waals surface area contributed by atoms with E-state index in [-0.39, 0.29) is 19.4 Å². The first kappa shape index (κ1) is 13.0. The molecular weight excluding hydrogens is 222 g/mol. The first-order chi connectivity index (χ1) is 8.09. The molecule has 1 rings (SSSR count). The Balaban J connectivity index is 2.45. The maximum Gasteiger partial charge on any atom is 0.308 e. The van der Waals surface area contributed by atoms with Gasteiger partial charge in [0.2, 0.25) is 0 Å². The SMILES string of the molecule is O=C(O)CCC(CNc1ccccc1)C(=O)O. The number of anilines is 1. The molecule has 1 atom stereocenters. The van der Waals surface area contributed by atoms with Crippen LogP contribution in [0, 0.1) is 5.92 Å². The highest BCUT2D eigenvalue weighted by Gasteiger charge is 2.18. The number of hydrogen-bond donors (Lipinski definition) is 3. The monoisotopic (exact) mass is 237 g/mol. The van der Waals surface area contributed by atoms with Crippen molar-refractivity contribution in [1.82, 2.24) is 0 Å². The molecule has 0 aliphatic carbocycles. The van der Waals surface area contributed by atoms with E-state index in [4.69, 9.17) is 10.2 Å². The zero-order chi connectivity index (χ0) is 12.7. The van der Waals surface area contributed by atoms with Crippen LogP contribution in [-0.2, 0) is 9.59 Å². The molecule has 92 valence electrons. The minimum atomic E-state index is -0.977. The molecule has 1 unspecified atom stereocenters. The molecule has 0 aliphatic rings. The number of carboxylic acid groups (broad SMARTS) is 2. The highest BCUT2D eigenvalue weighted by molar-refractivity contribution is 5.72. The Morgan fingerprint density at radius 2 is 1.82 bits per heavy atom. The van der Waals surface area contributed by atoms with E-state index in [2.05, 4.69) is 5.32 Å². The van der Waals surface area contributed by atoms with E-state index < -0.39 is 17.9 Å². The normalized spacial score (nSPS) is 11.8. The summed E-state index contributed by atoms with van der Waals surface area (Å²) in [6, 6.07) is 9.21. The van der Waals surface area contributed by atoms with Gasteiger partial charge >= 0.3 is 11.9 Å². The predicted molar refractivity (Wildman–Crippen MR) is 62.9 cm³/mol. The number of nitrogens with one attached hydrogen (secondary N) is 1. The van der Waals surface area contributed by atoms with Gasteiger partial charge in [-0.3, -0.25) is 9.59 Å². The van der Waals surface area contributed by atoms with Crippen LogP contribution in [-0.4, -0.2) is 28.7 Å². The number of carbonyl (C=O) groups is 2. The van der Waals surface area contributed by atoms with Crippen molar-refractivity contribution in [3.8, 4) is 0 Å². The zero-order valence-electron chi connectivity index (χ0n) is 9.30. The van der Waals surface area contributed by atoms with Crippen LogP contribution >= 0.6 is 0 Å². The van der Waals surface area contributed by atoms with Gasteiger partial charge in [0.25, 0.3) is 0 Å². The molecule has 0 aliphatic heterocycles. The summed E-state index contributed by atoms with van der Waals surface area (Å²) in [5, 5.41) is 20.4. The first-order valence-electron chi connectivity index (χ1n) is 5.33. The lowest BCUT2D eigenvalue weighted by atomic mass is 10.0. The lowest BCUT2D eigenvalue weighted by Gasteiger charge is -2.13.